The quantitative estimate of drug-likeness (QED) is 0.0702. The van der Waals surface area contributed by atoms with Crippen molar-refractivity contribution in [2.45, 2.75) is 168 Å². The van der Waals surface area contributed by atoms with Gasteiger partial charge >= 0.3 is 11.9 Å². The second kappa shape index (κ2) is 26.5. The van der Waals surface area contributed by atoms with Crippen molar-refractivity contribution in [3.05, 3.63) is 24.3 Å². The van der Waals surface area contributed by atoms with E-state index in [0.717, 1.165) is 51.4 Å². The molecule has 0 radical (unpaired) electrons. The summed E-state index contributed by atoms with van der Waals surface area (Å²) in [6, 6.07) is 0. The van der Waals surface area contributed by atoms with Crippen molar-refractivity contribution in [1.82, 2.24) is 0 Å². The average Bonchev–Trinajstić information content (AvgIpc) is 2.87. The molecule has 36 heavy (non-hydrogen) atoms. The van der Waals surface area contributed by atoms with Crippen molar-refractivity contribution in [2.24, 2.45) is 0 Å². The maximum absolute atomic E-state index is 12.5. The molecule has 210 valence electrons. The Hall–Kier alpha value is -1.58. The van der Waals surface area contributed by atoms with Gasteiger partial charge in [-0.2, -0.15) is 0 Å². The van der Waals surface area contributed by atoms with Crippen LogP contribution in [-0.4, -0.2) is 24.1 Å². The van der Waals surface area contributed by atoms with E-state index in [0.29, 0.717) is 0 Å². The summed E-state index contributed by atoms with van der Waals surface area (Å²) in [6.07, 6.45) is 28.3. The lowest BCUT2D eigenvalue weighted by atomic mass is 10.1. The number of esters is 2. The van der Waals surface area contributed by atoms with E-state index in [2.05, 4.69) is 39.8 Å². The highest BCUT2D eigenvalue weighted by atomic mass is 16.5. The van der Waals surface area contributed by atoms with Gasteiger partial charge in [-0.3, -0.25) is 9.59 Å². The highest BCUT2D eigenvalue weighted by molar-refractivity contribution is 5.78. The van der Waals surface area contributed by atoms with Gasteiger partial charge in [0.2, 0.25) is 0 Å². The molecule has 4 nitrogen and oxygen atoms in total. The van der Waals surface area contributed by atoms with Crippen molar-refractivity contribution < 1.29 is 19.1 Å². The summed E-state index contributed by atoms with van der Waals surface area (Å²) in [5.41, 5.74) is 0. The first-order valence-electron chi connectivity index (χ1n) is 15.3. The van der Waals surface area contributed by atoms with Gasteiger partial charge in [0.25, 0.3) is 0 Å². The fourth-order valence-corrected chi connectivity index (χ4v) is 4.11. The lowest BCUT2D eigenvalue weighted by Crippen LogP contribution is -2.20. The summed E-state index contributed by atoms with van der Waals surface area (Å²) in [4.78, 5) is 25.0. The summed E-state index contributed by atoms with van der Waals surface area (Å²) in [7, 11) is 0. The molecule has 0 aliphatic carbocycles. The summed E-state index contributed by atoms with van der Waals surface area (Å²) in [5.74, 6) is -0.611. The molecular formula is C32H58O4. The molecular weight excluding hydrogens is 448 g/mol. The molecule has 0 amide bonds. The van der Waals surface area contributed by atoms with Gasteiger partial charge in [0.05, 0.1) is 12.8 Å². The van der Waals surface area contributed by atoms with Gasteiger partial charge in [0, 0.05) is 0 Å². The minimum Gasteiger partial charge on any atom is -0.458 e. The van der Waals surface area contributed by atoms with Crippen LogP contribution in [-0.2, 0) is 19.1 Å². The number of carbonyl (C=O) groups is 2. The van der Waals surface area contributed by atoms with Gasteiger partial charge in [-0.1, -0.05) is 104 Å². The molecule has 2 unspecified atom stereocenters. The molecule has 0 bridgehead atoms. The Balaban J connectivity index is 4.63. The molecule has 0 rings (SSSR count). The molecule has 0 fully saturated rings. The Morgan fingerprint density at radius 1 is 0.528 bits per heavy atom. The molecule has 0 saturated heterocycles. The van der Waals surface area contributed by atoms with Gasteiger partial charge in [0.1, 0.15) is 12.2 Å². The van der Waals surface area contributed by atoms with Crippen molar-refractivity contribution in [3.8, 4) is 0 Å². The predicted octanol–water partition coefficient (Wildman–Crippen LogP) is 9.80. The van der Waals surface area contributed by atoms with Crippen LogP contribution in [0.25, 0.3) is 0 Å². The van der Waals surface area contributed by atoms with E-state index in [4.69, 9.17) is 9.47 Å². The normalized spacial score (nSPS) is 13.3. The Bertz CT molecular complexity index is 517. The first-order chi connectivity index (χ1) is 17.6. The van der Waals surface area contributed by atoms with E-state index in [-0.39, 0.29) is 37.0 Å². The third kappa shape index (κ3) is 22.9. The SMILES string of the molecule is CCCCCC=CC(CCCCCC)OC(=O)CCC(=O)OC(C=CCCCCC)CCCCCC. The van der Waals surface area contributed by atoms with Crippen LogP contribution in [0.3, 0.4) is 0 Å². The lowest BCUT2D eigenvalue weighted by Gasteiger charge is -2.16. The van der Waals surface area contributed by atoms with Crippen molar-refractivity contribution in [1.29, 1.82) is 0 Å². The van der Waals surface area contributed by atoms with E-state index in [1.807, 2.05) is 12.2 Å². The van der Waals surface area contributed by atoms with Crippen molar-refractivity contribution in [2.75, 3.05) is 0 Å². The van der Waals surface area contributed by atoms with Crippen LogP contribution >= 0.6 is 0 Å². The Morgan fingerprint density at radius 3 is 1.25 bits per heavy atom. The number of rotatable bonds is 25. The third-order valence-electron chi connectivity index (χ3n) is 6.43. The minimum atomic E-state index is -0.305. The minimum absolute atomic E-state index is 0.0801. The van der Waals surface area contributed by atoms with E-state index in [1.54, 1.807) is 0 Å². The molecule has 0 spiro atoms. The monoisotopic (exact) mass is 506 g/mol. The van der Waals surface area contributed by atoms with Gasteiger partial charge in [-0.15, -0.1) is 0 Å². The maximum Gasteiger partial charge on any atom is 0.306 e. The molecule has 0 saturated carbocycles. The second-order valence-electron chi connectivity index (χ2n) is 10.1. The molecule has 4 heteroatoms. The molecule has 0 aliphatic rings. The number of allylic oxidation sites excluding steroid dienone is 2. The molecule has 0 aromatic rings. The van der Waals surface area contributed by atoms with Gasteiger partial charge in [-0.05, 0) is 63.5 Å². The topological polar surface area (TPSA) is 52.6 Å². The largest absolute Gasteiger partial charge is 0.458 e. The first-order valence-corrected chi connectivity index (χ1v) is 15.3. The van der Waals surface area contributed by atoms with Crippen LogP contribution < -0.4 is 0 Å². The Labute approximate surface area is 223 Å². The van der Waals surface area contributed by atoms with Crippen LogP contribution in [0.5, 0.6) is 0 Å². The van der Waals surface area contributed by atoms with Crippen LogP contribution in [0.15, 0.2) is 24.3 Å². The second-order valence-corrected chi connectivity index (χ2v) is 10.1. The van der Waals surface area contributed by atoms with Crippen LogP contribution in [0.4, 0.5) is 0 Å². The highest BCUT2D eigenvalue weighted by Gasteiger charge is 2.16. The standard InChI is InChI=1S/C32H58O4/c1-5-9-13-17-21-25-29(23-19-15-11-7-3)35-31(33)27-28-32(34)36-30(24-20-16-12-8-4)26-22-18-14-10-6-2/h21-22,25-26,29-30H,5-20,23-24,27-28H2,1-4H3. The van der Waals surface area contributed by atoms with E-state index in [1.165, 1.54) is 64.2 Å². The van der Waals surface area contributed by atoms with E-state index < -0.39 is 0 Å². The third-order valence-corrected chi connectivity index (χ3v) is 6.43. The molecule has 0 aliphatic heterocycles. The number of hydrogen-bond acceptors (Lipinski definition) is 4. The zero-order valence-corrected chi connectivity index (χ0v) is 24.2. The van der Waals surface area contributed by atoms with Crippen molar-refractivity contribution >= 4 is 11.9 Å². The highest BCUT2D eigenvalue weighted by Crippen LogP contribution is 2.15. The summed E-state index contributed by atoms with van der Waals surface area (Å²) in [5, 5.41) is 0. The Kier molecular flexibility index (Phi) is 25.3. The van der Waals surface area contributed by atoms with Gasteiger partial charge in [0.15, 0.2) is 0 Å². The number of hydrogen-bond donors (Lipinski definition) is 0. The molecule has 0 aromatic heterocycles. The Morgan fingerprint density at radius 2 is 0.889 bits per heavy atom. The van der Waals surface area contributed by atoms with Gasteiger partial charge < -0.3 is 9.47 Å². The van der Waals surface area contributed by atoms with E-state index in [9.17, 15) is 9.59 Å². The zero-order valence-electron chi connectivity index (χ0n) is 24.2. The predicted molar refractivity (Wildman–Crippen MR) is 153 cm³/mol. The average molecular weight is 507 g/mol. The summed E-state index contributed by atoms with van der Waals surface area (Å²) in [6.45, 7) is 8.79. The number of unbranched alkanes of at least 4 members (excludes halogenated alkanes) is 12. The van der Waals surface area contributed by atoms with Crippen LogP contribution in [0, 0.1) is 0 Å². The zero-order chi connectivity index (χ0) is 26.7. The number of ether oxygens (including phenoxy) is 2. The lowest BCUT2D eigenvalue weighted by molar-refractivity contribution is -0.154. The fourth-order valence-electron chi connectivity index (χ4n) is 4.11. The summed E-state index contributed by atoms with van der Waals surface area (Å²) < 4.78 is 11.5. The summed E-state index contributed by atoms with van der Waals surface area (Å²) >= 11 is 0. The molecule has 2 atom stereocenters. The van der Waals surface area contributed by atoms with Crippen LogP contribution in [0.2, 0.25) is 0 Å². The fraction of sp³-hybridized carbons (Fsp3) is 0.812. The molecule has 0 N–H and O–H groups in total. The molecule has 0 aromatic carbocycles. The number of carbonyl (C=O) groups excluding carboxylic acids is 2. The van der Waals surface area contributed by atoms with Crippen LogP contribution in [0.1, 0.15) is 156 Å². The van der Waals surface area contributed by atoms with E-state index >= 15 is 0 Å². The smallest absolute Gasteiger partial charge is 0.306 e. The maximum atomic E-state index is 12.5. The molecule has 0 heterocycles. The van der Waals surface area contributed by atoms with Crippen molar-refractivity contribution in [3.63, 3.8) is 0 Å². The van der Waals surface area contributed by atoms with Gasteiger partial charge in [-0.25, -0.2) is 0 Å². The first kappa shape index (κ1) is 34.4.